The van der Waals surface area contributed by atoms with Crippen LogP contribution in [0.2, 0.25) is 0 Å². The Morgan fingerprint density at radius 3 is 2.82 bits per heavy atom. The largest absolute Gasteiger partial charge is 0.497 e. The lowest BCUT2D eigenvalue weighted by molar-refractivity contribution is -0.137. The van der Waals surface area contributed by atoms with Crippen molar-refractivity contribution in [3.63, 3.8) is 0 Å². The van der Waals surface area contributed by atoms with Crippen LogP contribution in [0.25, 0.3) is 0 Å². The molecule has 0 aliphatic carbocycles. The summed E-state index contributed by atoms with van der Waals surface area (Å²) in [5.41, 5.74) is 1.76. The van der Waals surface area contributed by atoms with Gasteiger partial charge in [0, 0.05) is 18.0 Å². The van der Waals surface area contributed by atoms with E-state index in [1.54, 1.807) is 7.11 Å². The van der Waals surface area contributed by atoms with Crippen molar-refractivity contribution in [3.05, 3.63) is 51.9 Å². The minimum Gasteiger partial charge on any atom is -0.497 e. The van der Waals surface area contributed by atoms with Gasteiger partial charge in [-0.3, -0.25) is 9.59 Å². The highest BCUT2D eigenvalue weighted by atomic mass is 32.2. The standard InChI is InChI=1S/C15H16N2O4S/c1-10-7-12(21-2)4-3-11(10)9-22-15-16-13(18)5-6-17(15)8-14(19)20/h3-7H,8-9H2,1-2H3,(H,19,20). The molecule has 1 N–H and O–H groups in total. The molecule has 0 bridgehead atoms. The maximum atomic E-state index is 11.4. The van der Waals surface area contributed by atoms with Crippen molar-refractivity contribution < 1.29 is 14.6 Å². The SMILES string of the molecule is COc1ccc(CSc2nc(=O)ccn2CC(=O)O)c(C)c1. The first-order valence-corrected chi connectivity index (χ1v) is 7.54. The maximum absolute atomic E-state index is 11.4. The molecule has 0 aliphatic heterocycles. The third-order valence-corrected chi connectivity index (χ3v) is 4.10. The van der Waals surface area contributed by atoms with Crippen LogP contribution in [0.1, 0.15) is 11.1 Å². The van der Waals surface area contributed by atoms with Gasteiger partial charge in [0.1, 0.15) is 12.3 Å². The summed E-state index contributed by atoms with van der Waals surface area (Å²) in [6, 6.07) is 7.00. The van der Waals surface area contributed by atoms with Gasteiger partial charge in [0.2, 0.25) is 0 Å². The van der Waals surface area contributed by atoms with E-state index in [0.29, 0.717) is 10.9 Å². The molecule has 116 valence electrons. The van der Waals surface area contributed by atoms with Crippen molar-refractivity contribution in [2.24, 2.45) is 0 Å². The van der Waals surface area contributed by atoms with Gasteiger partial charge < -0.3 is 14.4 Å². The Balaban J connectivity index is 2.19. The summed E-state index contributed by atoms with van der Waals surface area (Å²) in [4.78, 5) is 26.1. The van der Waals surface area contributed by atoms with E-state index in [9.17, 15) is 9.59 Å². The Hall–Kier alpha value is -2.28. The molecule has 0 fully saturated rings. The summed E-state index contributed by atoms with van der Waals surface area (Å²) >= 11 is 1.33. The highest BCUT2D eigenvalue weighted by Gasteiger charge is 2.09. The predicted octanol–water partition coefficient (Wildman–Crippen LogP) is 1.94. The number of carboxylic acids is 1. The summed E-state index contributed by atoms with van der Waals surface area (Å²) in [6.45, 7) is 1.75. The number of aliphatic carboxylic acids is 1. The Labute approximate surface area is 131 Å². The van der Waals surface area contributed by atoms with E-state index < -0.39 is 5.97 Å². The predicted molar refractivity (Wildman–Crippen MR) is 83.4 cm³/mol. The highest BCUT2D eigenvalue weighted by Crippen LogP contribution is 2.24. The first-order chi connectivity index (χ1) is 10.5. The maximum Gasteiger partial charge on any atom is 0.323 e. The summed E-state index contributed by atoms with van der Waals surface area (Å²) in [6.07, 6.45) is 1.45. The fourth-order valence-electron chi connectivity index (χ4n) is 1.89. The number of methoxy groups -OCH3 is 1. The second-order valence-corrected chi connectivity index (χ2v) is 5.59. The van der Waals surface area contributed by atoms with Crippen LogP contribution in [-0.4, -0.2) is 27.7 Å². The van der Waals surface area contributed by atoms with Crippen molar-refractivity contribution in [2.75, 3.05) is 7.11 Å². The molecule has 2 aromatic rings. The Morgan fingerprint density at radius 1 is 1.41 bits per heavy atom. The molecule has 22 heavy (non-hydrogen) atoms. The molecule has 2 rings (SSSR count). The van der Waals surface area contributed by atoms with E-state index in [4.69, 9.17) is 9.84 Å². The van der Waals surface area contributed by atoms with E-state index in [1.807, 2.05) is 25.1 Å². The number of benzene rings is 1. The molecule has 0 saturated heterocycles. The first-order valence-electron chi connectivity index (χ1n) is 6.55. The zero-order valence-corrected chi connectivity index (χ0v) is 13.1. The van der Waals surface area contributed by atoms with Gasteiger partial charge in [-0.25, -0.2) is 0 Å². The van der Waals surface area contributed by atoms with Crippen molar-refractivity contribution in [2.45, 2.75) is 24.4 Å². The lowest BCUT2D eigenvalue weighted by Crippen LogP contribution is -2.17. The molecule has 0 aliphatic rings. The van der Waals surface area contributed by atoms with Crippen LogP contribution in [0.15, 0.2) is 40.4 Å². The van der Waals surface area contributed by atoms with Crippen LogP contribution in [0.3, 0.4) is 0 Å². The molecule has 0 radical (unpaired) electrons. The van der Waals surface area contributed by atoms with E-state index in [-0.39, 0.29) is 12.1 Å². The molecule has 1 heterocycles. The van der Waals surface area contributed by atoms with Gasteiger partial charge in [-0.05, 0) is 30.2 Å². The van der Waals surface area contributed by atoms with Crippen molar-refractivity contribution in [1.29, 1.82) is 0 Å². The first kappa shape index (κ1) is 16.1. The number of nitrogens with zero attached hydrogens (tertiary/aromatic N) is 2. The minimum atomic E-state index is -0.979. The number of hydrogen-bond acceptors (Lipinski definition) is 5. The molecule has 0 saturated carbocycles. The number of aryl methyl sites for hydroxylation is 1. The van der Waals surface area contributed by atoms with Gasteiger partial charge in [-0.2, -0.15) is 4.98 Å². The van der Waals surface area contributed by atoms with E-state index in [2.05, 4.69) is 4.98 Å². The summed E-state index contributed by atoms with van der Waals surface area (Å²) in [7, 11) is 1.61. The number of aromatic nitrogens is 2. The quantitative estimate of drug-likeness (QED) is 0.647. The Morgan fingerprint density at radius 2 is 2.18 bits per heavy atom. The van der Waals surface area contributed by atoms with Gasteiger partial charge >= 0.3 is 5.97 Å². The monoisotopic (exact) mass is 320 g/mol. The molecule has 0 unspecified atom stereocenters. The third kappa shape index (κ3) is 4.11. The number of carboxylic acid groups (broad SMARTS) is 1. The zero-order chi connectivity index (χ0) is 16.1. The minimum absolute atomic E-state index is 0.225. The highest BCUT2D eigenvalue weighted by molar-refractivity contribution is 7.98. The van der Waals surface area contributed by atoms with E-state index in [1.165, 1.54) is 28.6 Å². The fourth-order valence-corrected chi connectivity index (χ4v) is 2.95. The van der Waals surface area contributed by atoms with Crippen LogP contribution in [-0.2, 0) is 17.1 Å². The molecular formula is C15H16N2O4S. The molecule has 6 nitrogen and oxygen atoms in total. The lowest BCUT2D eigenvalue weighted by atomic mass is 10.1. The van der Waals surface area contributed by atoms with Gasteiger partial charge in [-0.15, -0.1) is 0 Å². The molecule has 1 aromatic carbocycles. The van der Waals surface area contributed by atoms with Gasteiger partial charge in [0.25, 0.3) is 5.56 Å². The van der Waals surface area contributed by atoms with Gasteiger partial charge in [0.05, 0.1) is 7.11 Å². The van der Waals surface area contributed by atoms with Gasteiger partial charge in [-0.1, -0.05) is 17.8 Å². The van der Waals surface area contributed by atoms with Crippen molar-refractivity contribution in [1.82, 2.24) is 9.55 Å². The molecular weight excluding hydrogens is 304 g/mol. The average molecular weight is 320 g/mol. The zero-order valence-electron chi connectivity index (χ0n) is 12.3. The fraction of sp³-hybridized carbons (Fsp3) is 0.267. The average Bonchev–Trinajstić information content (AvgIpc) is 2.48. The summed E-state index contributed by atoms with van der Waals surface area (Å²) in [5, 5.41) is 9.29. The Kier molecular flexibility index (Phi) is 5.21. The van der Waals surface area contributed by atoms with Crippen LogP contribution in [0.4, 0.5) is 0 Å². The van der Waals surface area contributed by atoms with Crippen LogP contribution >= 0.6 is 11.8 Å². The van der Waals surface area contributed by atoms with E-state index in [0.717, 1.165) is 16.9 Å². The second-order valence-electron chi connectivity index (χ2n) is 4.65. The number of hydrogen-bond donors (Lipinski definition) is 1. The number of thioether (sulfide) groups is 1. The van der Waals surface area contributed by atoms with E-state index >= 15 is 0 Å². The third-order valence-electron chi connectivity index (χ3n) is 3.06. The van der Waals surface area contributed by atoms with Crippen LogP contribution in [0, 0.1) is 6.92 Å². The lowest BCUT2D eigenvalue weighted by Gasteiger charge is -2.11. The molecule has 0 spiro atoms. The van der Waals surface area contributed by atoms with Crippen LogP contribution in [0.5, 0.6) is 5.75 Å². The molecule has 7 heteroatoms. The number of rotatable bonds is 6. The normalized spacial score (nSPS) is 10.5. The van der Waals surface area contributed by atoms with Gasteiger partial charge in [0.15, 0.2) is 5.16 Å². The topological polar surface area (TPSA) is 81.4 Å². The molecule has 0 amide bonds. The second kappa shape index (κ2) is 7.13. The molecule has 1 aromatic heterocycles. The summed E-state index contributed by atoms with van der Waals surface area (Å²) < 4.78 is 6.61. The smallest absolute Gasteiger partial charge is 0.323 e. The number of carbonyl (C=O) groups is 1. The van der Waals surface area contributed by atoms with Crippen molar-refractivity contribution >= 4 is 17.7 Å². The van der Waals surface area contributed by atoms with Crippen molar-refractivity contribution in [3.8, 4) is 5.75 Å². The van der Waals surface area contributed by atoms with Crippen LogP contribution < -0.4 is 10.3 Å². The summed E-state index contributed by atoms with van der Waals surface area (Å²) in [5.74, 6) is 0.395. The molecule has 0 atom stereocenters. The number of ether oxygens (including phenoxy) is 1. The Bertz CT molecular complexity index is 743.